The summed E-state index contributed by atoms with van der Waals surface area (Å²) in [6.45, 7) is 5.40. The highest BCUT2D eigenvalue weighted by Gasteiger charge is 2.12. The first-order valence-electron chi connectivity index (χ1n) is 8.63. The van der Waals surface area contributed by atoms with Crippen LogP contribution in [0.15, 0.2) is 42.5 Å². The number of nitrogens with zero attached hydrogens (tertiary/aromatic N) is 1. The van der Waals surface area contributed by atoms with Gasteiger partial charge in [-0.15, -0.1) is 0 Å². The number of esters is 1. The molecule has 140 valence electrons. The summed E-state index contributed by atoms with van der Waals surface area (Å²) in [7, 11) is 3.31. The summed E-state index contributed by atoms with van der Waals surface area (Å²) >= 11 is 0. The first-order valence-corrected chi connectivity index (χ1v) is 8.63. The first kappa shape index (κ1) is 19.9. The number of hydrogen-bond donors (Lipinski definition) is 1. The van der Waals surface area contributed by atoms with Crippen molar-refractivity contribution in [3.05, 3.63) is 64.7 Å². The van der Waals surface area contributed by atoms with E-state index < -0.39 is 6.10 Å². The zero-order valence-corrected chi connectivity index (χ0v) is 15.9. The van der Waals surface area contributed by atoms with E-state index in [1.54, 1.807) is 12.1 Å². The lowest BCUT2D eigenvalue weighted by Gasteiger charge is -2.21. The van der Waals surface area contributed by atoms with Crippen molar-refractivity contribution in [2.24, 2.45) is 0 Å². The van der Waals surface area contributed by atoms with Crippen molar-refractivity contribution >= 4 is 5.97 Å². The van der Waals surface area contributed by atoms with Crippen LogP contribution in [0.5, 0.6) is 5.75 Å². The predicted octanol–water partition coefficient (Wildman–Crippen LogP) is 2.96. The fourth-order valence-corrected chi connectivity index (χ4v) is 2.86. The minimum Gasteiger partial charge on any atom is -0.490 e. The molecule has 2 aromatic carbocycles. The van der Waals surface area contributed by atoms with Gasteiger partial charge in [-0.05, 0) is 49.7 Å². The van der Waals surface area contributed by atoms with Gasteiger partial charge in [0.1, 0.15) is 18.5 Å². The fraction of sp³-hybridized carbons (Fsp3) is 0.381. The largest absolute Gasteiger partial charge is 0.490 e. The highest BCUT2D eigenvalue weighted by atomic mass is 16.5. The van der Waals surface area contributed by atoms with Crippen molar-refractivity contribution in [3.8, 4) is 5.75 Å². The third-order valence-electron chi connectivity index (χ3n) is 4.18. The van der Waals surface area contributed by atoms with Crippen molar-refractivity contribution in [1.82, 2.24) is 4.90 Å². The maximum atomic E-state index is 11.4. The van der Waals surface area contributed by atoms with Crippen molar-refractivity contribution in [1.29, 1.82) is 0 Å². The molecule has 0 saturated heterocycles. The first-order chi connectivity index (χ1) is 12.4. The zero-order chi connectivity index (χ0) is 19.1. The van der Waals surface area contributed by atoms with Crippen LogP contribution in [0.25, 0.3) is 0 Å². The summed E-state index contributed by atoms with van der Waals surface area (Å²) in [5.74, 6) is 0.497. The Kier molecular flexibility index (Phi) is 7.18. The number of carbonyl (C=O) groups is 1. The summed E-state index contributed by atoms with van der Waals surface area (Å²) in [5.41, 5.74) is 3.72. The molecular formula is C21H27NO4. The number of likely N-dealkylation sites (N-methyl/N-ethyl adjacent to an activating group) is 1. The SMILES string of the molecule is COC(=O)c1ccc(CN(C)CC(O)COc2c(C)cccc2C)cc1. The molecule has 5 nitrogen and oxygen atoms in total. The van der Waals surface area contributed by atoms with Gasteiger partial charge in [-0.25, -0.2) is 4.79 Å². The number of aliphatic hydroxyl groups excluding tert-OH is 1. The quantitative estimate of drug-likeness (QED) is 0.736. The highest BCUT2D eigenvalue weighted by Crippen LogP contribution is 2.22. The van der Waals surface area contributed by atoms with Crippen LogP contribution in [-0.2, 0) is 11.3 Å². The molecule has 2 rings (SSSR count). The fourth-order valence-electron chi connectivity index (χ4n) is 2.86. The molecule has 26 heavy (non-hydrogen) atoms. The van der Waals surface area contributed by atoms with E-state index >= 15 is 0 Å². The molecule has 5 heteroatoms. The summed E-state index contributed by atoms with van der Waals surface area (Å²) in [4.78, 5) is 13.5. The lowest BCUT2D eigenvalue weighted by molar-refractivity contribution is 0.0600. The maximum Gasteiger partial charge on any atom is 0.337 e. The van der Waals surface area contributed by atoms with Gasteiger partial charge in [0.05, 0.1) is 12.7 Å². The Morgan fingerprint density at radius 2 is 1.73 bits per heavy atom. The van der Waals surface area contributed by atoms with E-state index in [2.05, 4.69) is 0 Å². The second kappa shape index (κ2) is 9.36. The van der Waals surface area contributed by atoms with E-state index in [-0.39, 0.29) is 12.6 Å². The third-order valence-corrected chi connectivity index (χ3v) is 4.18. The van der Waals surface area contributed by atoms with E-state index in [0.29, 0.717) is 18.7 Å². The molecule has 0 aliphatic carbocycles. The molecule has 0 aliphatic rings. The van der Waals surface area contributed by atoms with E-state index in [9.17, 15) is 9.90 Å². The van der Waals surface area contributed by atoms with Gasteiger partial charge in [0.15, 0.2) is 0 Å². The molecule has 0 heterocycles. The van der Waals surface area contributed by atoms with Gasteiger partial charge in [-0.2, -0.15) is 0 Å². The van der Waals surface area contributed by atoms with Gasteiger partial charge in [0.2, 0.25) is 0 Å². The molecule has 1 N–H and O–H groups in total. The van der Waals surface area contributed by atoms with E-state index in [0.717, 1.165) is 22.4 Å². The Morgan fingerprint density at radius 3 is 2.31 bits per heavy atom. The van der Waals surface area contributed by atoms with Crippen LogP contribution in [0, 0.1) is 13.8 Å². The summed E-state index contributed by atoms with van der Waals surface area (Å²) in [5, 5.41) is 10.3. The molecule has 0 bridgehead atoms. The third kappa shape index (κ3) is 5.58. The van der Waals surface area contributed by atoms with Gasteiger partial charge in [0, 0.05) is 13.1 Å². The Hall–Kier alpha value is -2.37. The Balaban J connectivity index is 1.83. The average molecular weight is 357 g/mol. The number of aryl methyl sites for hydroxylation is 2. The average Bonchev–Trinajstić information content (AvgIpc) is 2.61. The number of ether oxygens (including phenoxy) is 2. The molecular weight excluding hydrogens is 330 g/mol. The second-order valence-corrected chi connectivity index (χ2v) is 6.57. The normalized spacial score (nSPS) is 12.1. The summed E-state index contributed by atoms with van der Waals surface area (Å²) in [6.07, 6.45) is -0.589. The van der Waals surface area contributed by atoms with Crippen LogP contribution >= 0.6 is 0 Å². The minimum atomic E-state index is -0.589. The smallest absolute Gasteiger partial charge is 0.337 e. The van der Waals surface area contributed by atoms with Crippen LogP contribution in [-0.4, -0.2) is 49.4 Å². The molecule has 0 aromatic heterocycles. The molecule has 1 unspecified atom stereocenters. The van der Waals surface area contributed by atoms with Crippen molar-refractivity contribution < 1.29 is 19.4 Å². The van der Waals surface area contributed by atoms with E-state index in [1.807, 2.05) is 56.1 Å². The number of aliphatic hydroxyl groups is 1. The van der Waals surface area contributed by atoms with Gasteiger partial charge in [0.25, 0.3) is 0 Å². The number of para-hydroxylation sites is 1. The van der Waals surface area contributed by atoms with Crippen LogP contribution in [0.4, 0.5) is 0 Å². The summed E-state index contributed by atoms with van der Waals surface area (Å²) in [6, 6.07) is 13.3. The van der Waals surface area contributed by atoms with Crippen molar-refractivity contribution in [3.63, 3.8) is 0 Å². The molecule has 2 aromatic rings. The number of rotatable bonds is 8. The van der Waals surface area contributed by atoms with Gasteiger partial charge < -0.3 is 14.6 Å². The highest BCUT2D eigenvalue weighted by molar-refractivity contribution is 5.89. The van der Waals surface area contributed by atoms with Crippen molar-refractivity contribution in [2.75, 3.05) is 27.3 Å². The number of benzene rings is 2. The van der Waals surface area contributed by atoms with Crippen LogP contribution in [0.1, 0.15) is 27.0 Å². The van der Waals surface area contributed by atoms with Gasteiger partial charge in [-0.1, -0.05) is 30.3 Å². The molecule has 0 spiro atoms. The Labute approximate surface area is 155 Å². The van der Waals surface area contributed by atoms with E-state index in [4.69, 9.17) is 9.47 Å². The minimum absolute atomic E-state index is 0.247. The van der Waals surface area contributed by atoms with Gasteiger partial charge in [-0.3, -0.25) is 4.90 Å². The Morgan fingerprint density at radius 1 is 1.12 bits per heavy atom. The van der Waals surface area contributed by atoms with Crippen LogP contribution in [0.3, 0.4) is 0 Å². The lowest BCUT2D eigenvalue weighted by Crippen LogP contribution is -2.33. The van der Waals surface area contributed by atoms with Crippen molar-refractivity contribution in [2.45, 2.75) is 26.5 Å². The zero-order valence-electron chi connectivity index (χ0n) is 15.9. The monoisotopic (exact) mass is 357 g/mol. The molecule has 0 amide bonds. The predicted molar refractivity (Wildman–Crippen MR) is 102 cm³/mol. The molecule has 0 aliphatic heterocycles. The Bertz CT molecular complexity index is 707. The standard InChI is InChI=1S/C21H27NO4/c1-15-6-5-7-16(2)20(15)26-14-19(23)13-22(3)12-17-8-10-18(11-9-17)21(24)25-4/h5-11,19,23H,12-14H2,1-4H3. The van der Waals surface area contributed by atoms with E-state index in [1.165, 1.54) is 7.11 Å². The summed E-state index contributed by atoms with van der Waals surface area (Å²) < 4.78 is 10.5. The van der Waals surface area contributed by atoms with Crippen LogP contribution in [0.2, 0.25) is 0 Å². The molecule has 1 atom stereocenters. The molecule has 0 saturated carbocycles. The van der Waals surface area contributed by atoms with Gasteiger partial charge >= 0.3 is 5.97 Å². The lowest BCUT2D eigenvalue weighted by atomic mass is 10.1. The number of carbonyl (C=O) groups excluding carboxylic acids is 1. The molecule has 0 radical (unpaired) electrons. The maximum absolute atomic E-state index is 11.4. The number of hydrogen-bond acceptors (Lipinski definition) is 5. The number of methoxy groups -OCH3 is 1. The molecule has 0 fully saturated rings. The second-order valence-electron chi connectivity index (χ2n) is 6.57. The van der Waals surface area contributed by atoms with Crippen LogP contribution < -0.4 is 4.74 Å². The topological polar surface area (TPSA) is 59.0 Å².